The average Bonchev–Trinajstić information content (AvgIpc) is 3.03. The second kappa shape index (κ2) is 8.48. The van der Waals surface area contributed by atoms with Gasteiger partial charge in [0.1, 0.15) is 5.58 Å². The zero-order valence-corrected chi connectivity index (χ0v) is 19.1. The van der Waals surface area contributed by atoms with Crippen molar-refractivity contribution in [3.63, 3.8) is 0 Å². The highest BCUT2D eigenvalue weighted by Crippen LogP contribution is 2.38. The Balaban J connectivity index is 1.89. The van der Waals surface area contributed by atoms with Crippen molar-refractivity contribution in [2.75, 3.05) is 26.2 Å². The number of aryl methyl sites for hydroxylation is 2. The Kier molecular flexibility index (Phi) is 5.91. The number of nitrogens with zero attached hydrogens (tertiary/aromatic N) is 2. The first-order valence-electron chi connectivity index (χ1n) is 10.7. The molecule has 2 aromatic carbocycles. The van der Waals surface area contributed by atoms with Crippen LogP contribution in [-0.4, -0.2) is 41.9 Å². The maximum atomic E-state index is 13.6. The fraction of sp³-hybridized carbons (Fsp3) is 0.360. The molecule has 1 aliphatic heterocycles. The van der Waals surface area contributed by atoms with Gasteiger partial charge in [-0.05, 0) is 50.2 Å². The van der Waals surface area contributed by atoms with Crippen LogP contribution in [0.5, 0.6) is 0 Å². The third-order valence-electron chi connectivity index (χ3n) is 6.19. The van der Waals surface area contributed by atoms with E-state index < -0.39 is 6.04 Å². The summed E-state index contributed by atoms with van der Waals surface area (Å²) in [4.78, 5) is 31.0. The van der Waals surface area contributed by atoms with E-state index in [9.17, 15) is 9.59 Å². The number of benzene rings is 2. The monoisotopic (exact) mass is 438 g/mol. The van der Waals surface area contributed by atoms with Gasteiger partial charge in [0.15, 0.2) is 5.43 Å². The maximum absolute atomic E-state index is 13.6. The summed E-state index contributed by atoms with van der Waals surface area (Å²) in [6, 6.07) is 10.9. The molecule has 1 aromatic heterocycles. The summed E-state index contributed by atoms with van der Waals surface area (Å²) in [5.41, 5.74) is 3.43. The lowest BCUT2D eigenvalue weighted by Gasteiger charge is -2.28. The van der Waals surface area contributed by atoms with Gasteiger partial charge in [0, 0.05) is 18.1 Å². The van der Waals surface area contributed by atoms with Crippen molar-refractivity contribution < 1.29 is 9.21 Å². The van der Waals surface area contributed by atoms with E-state index in [0.29, 0.717) is 28.1 Å². The van der Waals surface area contributed by atoms with E-state index in [1.165, 1.54) is 0 Å². The van der Waals surface area contributed by atoms with Crippen LogP contribution in [0.15, 0.2) is 45.6 Å². The smallest absolute Gasteiger partial charge is 0.290 e. The predicted molar refractivity (Wildman–Crippen MR) is 124 cm³/mol. The second-order valence-corrected chi connectivity index (χ2v) is 8.52. The highest BCUT2D eigenvalue weighted by Gasteiger charge is 2.42. The third-order valence-corrected chi connectivity index (χ3v) is 6.60. The Labute approximate surface area is 187 Å². The van der Waals surface area contributed by atoms with Gasteiger partial charge in [0.25, 0.3) is 5.91 Å². The summed E-state index contributed by atoms with van der Waals surface area (Å²) in [7, 11) is 0. The Morgan fingerprint density at radius 1 is 1.06 bits per heavy atom. The number of carbonyl (C=O) groups excluding carboxylic acids is 1. The van der Waals surface area contributed by atoms with Gasteiger partial charge >= 0.3 is 0 Å². The van der Waals surface area contributed by atoms with E-state index in [2.05, 4.69) is 18.7 Å². The summed E-state index contributed by atoms with van der Waals surface area (Å²) >= 11 is 6.29. The molecular formula is C25H27ClN2O3. The number of hydrogen-bond acceptors (Lipinski definition) is 4. The number of fused-ring (bicyclic) bond motifs is 2. The van der Waals surface area contributed by atoms with Crippen molar-refractivity contribution in [3.8, 4) is 0 Å². The molecule has 1 atom stereocenters. The Bertz CT molecular complexity index is 1200. The van der Waals surface area contributed by atoms with E-state index in [1.807, 2.05) is 38.1 Å². The molecule has 0 fully saturated rings. The molecule has 31 heavy (non-hydrogen) atoms. The molecule has 0 spiro atoms. The van der Waals surface area contributed by atoms with E-state index in [-0.39, 0.29) is 17.1 Å². The molecule has 4 rings (SSSR count). The first kappa shape index (κ1) is 21.6. The van der Waals surface area contributed by atoms with Crippen LogP contribution < -0.4 is 5.43 Å². The molecule has 0 N–H and O–H groups in total. The number of likely N-dealkylation sites (N-methyl/N-ethyl adjacent to an activating group) is 1. The van der Waals surface area contributed by atoms with Gasteiger partial charge in [-0.1, -0.05) is 55.3 Å². The van der Waals surface area contributed by atoms with Gasteiger partial charge in [-0.3, -0.25) is 9.59 Å². The van der Waals surface area contributed by atoms with Crippen LogP contribution >= 0.6 is 11.6 Å². The van der Waals surface area contributed by atoms with E-state index in [4.69, 9.17) is 16.0 Å². The lowest BCUT2D eigenvalue weighted by molar-refractivity contribution is 0.0708. The zero-order chi connectivity index (χ0) is 22.3. The maximum Gasteiger partial charge on any atom is 0.290 e. The normalized spacial score (nSPS) is 15.9. The lowest BCUT2D eigenvalue weighted by Crippen LogP contribution is -2.37. The summed E-state index contributed by atoms with van der Waals surface area (Å²) < 4.78 is 6.03. The van der Waals surface area contributed by atoms with Crippen molar-refractivity contribution >= 4 is 28.5 Å². The van der Waals surface area contributed by atoms with Gasteiger partial charge in [-0.25, -0.2) is 0 Å². The molecule has 162 valence electrons. The summed E-state index contributed by atoms with van der Waals surface area (Å²) in [6.07, 6.45) is 0. The molecule has 5 nitrogen and oxygen atoms in total. The van der Waals surface area contributed by atoms with Crippen LogP contribution in [0.4, 0.5) is 0 Å². The van der Waals surface area contributed by atoms with E-state index >= 15 is 0 Å². The SMILES string of the molecule is CCN(CC)CCN1C(=O)c2oc3cc(C)c(Cl)cc3c(=O)c2[C@@H]1c1ccc(C)cc1. The van der Waals surface area contributed by atoms with Crippen LogP contribution in [-0.2, 0) is 0 Å². The van der Waals surface area contributed by atoms with Gasteiger partial charge in [0.05, 0.1) is 17.0 Å². The summed E-state index contributed by atoms with van der Waals surface area (Å²) in [5, 5.41) is 0.916. The molecule has 3 aromatic rings. The standard InChI is InChI=1S/C25H27ClN2O3/c1-5-27(6-2)11-12-28-22(17-9-7-15(3)8-10-17)21-23(29)18-14-19(26)16(4)13-20(18)31-24(21)25(28)30/h7-10,13-14,22H,5-6,11-12H2,1-4H3/t22-/m0/s1. The van der Waals surface area contributed by atoms with Gasteiger partial charge in [0.2, 0.25) is 5.76 Å². The molecule has 0 unspecified atom stereocenters. The molecule has 1 aliphatic rings. The Morgan fingerprint density at radius 2 is 1.74 bits per heavy atom. The molecular weight excluding hydrogens is 412 g/mol. The van der Waals surface area contributed by atoms with Crippen molar-refractivity contribution in [1.82, 2.24) is 9.80 Å². The minimum Gasteiger partial charge on any atom is -0.450 e. The number of rotatable bonds is 6. The van der Waals surface area contributed by atoms with Crippen LogP contribution in [0.2, 0.25) is 5.02 Å². The largest absolute Gasteiger partial charge is 0.450 e. The van der Waals surface area contributed by atoms with Crippen molar-refractivity contribution in [1.29, 1.82) is 0 Å². The molecule has 0 saturated heterocycles. The second-order valence-electron chi connectivity index (χ2n) is 8.11. The highest BCUT2D eigenvalue weighted by molar-refractivity contribution is 6.32. The van der Waals surface area contributed by atoms with Crippen molar-refractivity contribution in [2.45, 2.75) is 33.7 Å². The first-order valence-corrected chi connectivity index (χ1v) is 11.1. The fourth-order valence-corrected chi connectivity index (χ4v) is 4.42. The molecule has 0 bridgehead atoms. The predicted octanol–water partition coefficient (Wildman–Crippen LogP) is 4.95. The molecule has 1 amide bonds. The van der Waals surface area contributed by atoms with Crippen molar-refractivity contribution in [2.24, 2.45) is 0 Å². The minimum atomic E-state index is -0.473. The lowest BCUT2D eigenvalue weighted by atomic mass is 9.97. The topological polar surface area (TPSA) is 53.8 Å². The molecule has 0 aliphatic carbocycles. The number of hydrogen-bond donors (Lipinski definition) is 0. The van der Waals surface area contributed by atoms with Gasteiger partial charge in [-0.2, -0.15) is 0 Å². The third kappa shape index (κ3) is 3.77. The van der Waals surface area contributed by atoms with Crippen molar-refractivity contribution in [3.05, 3.63) is 79.7 Å². The van der Waals surface area contributed by atoms with Crippen LogP contribution in [0.25, 0.3) is 11.0 Å². The average molecular weight is 439 g/mol. The summed E-state index contributed by atoms with van der Waals surface area (Å²) in [5.74, 6) is -0.0938. The Morgan fingerprint density at radius 3 is 2.39 bits per heavy atom. The van der Waals surface area contributed by atoms with E-state index in [1.54, 1.807) is 17.0 Å². The molecule has 0 saturated carbocycles. The molecule has 6 heteroatoms. The van der Waals surface area contributed by atoms with Crippen LogP contribution in [0, 0.1) is 13.8 Å². The Hall–Kier alpha value is -2.63. The number of halogens is 1. The molecule has 0 radical (unpaired) electrons. The van der Waals surface area contributed by atoms with Crippen LogP contribution in [0.1, 0.15) is 52.7 Å². The quantitative estimate of drug-likeness (QED) is 0.546. The fourth-order valence-electron chi connectivity index (χ4n) is 4.26. The van der Waals surface area contributed by atoms with E-state index in [0.717, 1.165) is 36.3 Å². The van der Waals surface area contributed by atoms with Gasteiger partial charge in [-0.15, -0.1) is 0 Å². The minimum absolute atomic E-state index is 0.143. The highest BCUT2D eigenvalue weighted by atomic mass is 35.5. The summed E-state index contributed by atoms with van der Waals surface area (Å²) in [6.45, 7) is 11.1. The molecule has 2 heterocycles. The zero-order valence-electron chi connectivity index (χ0n) is 18.4. The van der Waals surface area contributed by atoms with Gasteiger partial charge < -0.3 is 14.2 Å². The first-order chi connectivity index (χ1) is 14.8. The number of carbonyl (C=O) groups is 1. The van der Waals surface area contributed by atoms with Crippen LogP contribution in [0.3, 0.4) is 0 Å². The number of amides is 1.